The molecule has 7 heteroatoms. The molecule has 152 valence electrons. The largest absolute Gasteiger partial charge is 0.454 e. The Hall–Kier alpha value is -3.87. The third-order valence-corrected chi connectivity index (χ3v) is 4.68. The standard InChI is InChI=1S/C23H19FN2O4/c24-17-10-5-4-9-16(17)22(27)26-19(13-15-7-2-1-3-8-15)23(28)25-18-11-6-12-20-21(18)30-14-29-20/h1-12,19H,13-14H2,(H,25,28)(H,26,27). The molecule has 6 nitrogen and oxygen atoms in total. The Morgan fingerprint density at radius 1 is 0.933 bits per heavy atom. The summed E-state index contributed by atoms with van der Waals surface area (Å²) < 4.78 is 24.8. The molecule has 0 saturated carbocycles. The fourth-order valence-electron chi connectivity index (χ4n) is 3.19. The highest BCUT2D eigenvalue weighted by Gasteiger charge is 2.26. The molecule has 1 heterocycles. The first-order chi connectivity index (χ1) is 14.6. The first-order valence-electron chi connectivity index (χ1n) is 9.40. The predicted molar refractivity (Wildman–Crippen MR) is 109 cm³/mol. The van der Waals surface area contributed by atoms with Gasteiger partial charge in [0.15, 0.2) is 11.5 Å². The normalized spacial score (nSPS) is 12.8. The summed E-state index contributed by atoms with van der Waals surface area (Å²) >= 11 is 0. The fraction of sp³-hybridized carbons (Fsp3) is 0.130. The van der Waals surface area contributed by atoms with Crippen molar-refractivity contribution in [2.75, 3.05) is 12.1 Å². The number of rotatable bonds is 6. The van der Waals surface area contributed by atoms with Gasteiger partial charge in [0.05, 0.1) is 11.3 Å². The van der Waals surface area contributed by atoms with Gasteiger partial charge < -0.3 is 20.1 Å². The number of anilines is 1. The molecule has 4 rings (SSSR count). The van der Waals surface area contributed by atoms with Gasteiger partial charge in [0.2, 0.25) is 12.7 Å². The molecule has 30 heavy (non-hydrogen) atoms. The molecular weight excluding hydrogens is 387 g/mol. The van der Waals surface area contributed by atoms with E-state index in [1.807, 2.05) is 30.3 Å². The molecule has 0 radical (unpaired) electrons. The lowest BCUT2D eigenvalue weighted by Gasteiger charge is -2.19. The summed E-state index contributed by atoms with van der Waals surface area (Å²) in [5, 5.41) is 5.43. The number of halogens is 1. The molecule has 3 aromatic rings. The summed E-state index contributed by atoms with van der Waals surface area (Å²) in [7, 11) is 0. The molecular formula is C23H19FN2O4. The molecule has 1 aliphatic rings. The highest BCUT2D eigenvalue weighted by atomic mass is 19.1. The minimum atomic E-state index is -0.933. The molecule has 1 atom stereocenters. The Morgan fingerprint density at radius 2 is 1.70 bits per heavy atom. The van der Waals surface area contributed by atoms with E-state index in [1.165, 1.54) is 18.2 Å². The van der Waals surface area contributed by atoms with Crippen molar-refractivity contribution in [1.29, 1.82) is 0 Å². The average Bonchev–Trinajstić information content (AvgIpc) is 3.24. The van der Waals surface area contributed by atoms with Crippen LogP contribution in [0.25, 0.3) is 0 Å². The molecule has 0 aromatic heterocycles. The molecule has 2 N–H and O–H groups in total. The van der Waals surface area contributed by atoms with Gasteiger partial charge >= 0.3 is 0 Å². The van der Waals surface area contributed by atoms with Crippen molar-refractivity contribution in [3.8, 4) is 11.5 Å². The van der Waals surface area contributed by atoms with Gasteiger partial charge in [-0.15, -0.1) is 0 Å². The Kier molecular flexibility index (Phi) is 5.61. The average molecular weight is 406 g/mol. The Bertz CT molecular complexity index is 1070. The molecule has 0 bridgehead atoms. The van der Waals surface area contributed by atoms with Crippen LogP contribution in [0.4, 0.5) is 10.1 Å². The van der Waals surface area contributed by atoms with Crippen LogP contribution < -0.4 is 20.1 Å². The topological polar surface area (TPSA) is 76.7 Å². The third kappa shape index (κ3) is 4.25. The van der Waals surface area contributed by atoms with Crippen LogP contribution in [0.1, 0.15) is 15.9 Å². The molecule has 0 spiro atoms. The van der Waals surface area contributed by atoms with E-state index in [1.54, 1.807) is 24.3 Å². The molecule has 0 aliphatic carbocycles. The number of benzene rings is 3. The van der Waals surface area contributed by atoms with Gasteiger partial charge in [0.1, 0.15) is 11.9 Å². The van der Waals surface area contributed by atoms with Gasteiger partial charge in [0, 0.05) is 6.42 Å². The first-order valence-corrected chi connectivity index (χ1v) is 9.40. The summed E-state index contributed by atoms with van der Waals surface area (Å²) in [6.07, 6.45) is 0.235. The van der Waals surface area contributed by atoms with Crippen molar-refractivity contribution in [3.63, 3.8) is 0 Å². The second-order valence-corrected chi connectivity index (χ2v) is 6.72. The highest BCUT2D eigenvalue weighted by molar-refractivity contribution is 6.02. The van der Waals surface area contributed by atoms with Crippen LogP contribution in [0.5, 0.6) is 11.5 Å². The third-order valence-electron chi connectivity index (χ3n) is 4.68. The maximum absolute atomic E-state index is 14.0. The molecule has 3 aromatic carbocycles. The lowest BCUT2D eigenvalue weighted by Crippen LogP contribution is -2.45. The van der Waals surface area contributed by atoms with E-state index >= 15 is 0 Å². The van der Waals surface area contributed by atoms with Gasteiger partial charge in [-0.3, -0.25) is 9.59 Å². The van der Waals surface area contributed by atoms with E-state index in [0.717, 1.165) is 5.56 Å². The zero-order valence-corrected chi connectivity index (χ0v) is 15.9. The second kappa shape index (κ2) is 8.65. The lowest BCUT2D eigenvalue weighted by atomic mass is 10.0. The minimum absolute atomic E-state index is 0.0691. The van der Waals surface area contributed by atoms with E-state index in [4.69, 9.17) is 9.47 Å². The van der Waals surface area contributed by atoms with Gasteiger partial charge in [0.25, 0.3) is 5.91 Å². The quantitative estimate of drug-likeness (QED) is 0.657. The molecule has 2 amide bonds. The van der Waals surface area contributed by atoms with Crippen molar-refractivity contribution < 1.29 is 23.5 Å². The van der Waals surface area contributed by atoms with Crippen LogP contribution in [-0.2, 0) is 11.2 Å². The SMILES string of the molecule is O=C(NC(Cc1ccccc1)C(=O)Nc1cccc2c1OCO2)c1ccccc1F. The molecule has 1 unspecified atom stereocenters. The van der Waals surface area contributed by atoms with E-state index in [2.05, 4.69) is 10.6 Å². The maximum atomic E-state index is 14.0. The van der Waals surface area contributed by atoms with E-state index < -0.39 is 23.7 Å². The monoisotopic (exact) mass is 406 g/mol. The molecule has 0 saturated heterocycles. The van der Waals surface area contributed by atoms with Crippen LogP contribution in [0, 0.1) is 5.82 Å². The van der Waals surface area contributed by atoms with Crippen LogP contribution in [-0.4, -0.2) is 24.6 Å². The van der Waals surface area contributed by atoms with Gasteiger partial charge in [-0.05, 0) is 29.8 Å². The maximum Gasteiger partial charge on any atom is 0.254 e. The number of amides is 2. The number of ether oxygens (including phenoxy) is 2. The van der Waals surface area contributed by atoms with Crippen molar-refractivity contribution in [1.82, 2.24) is 5.32 Å². The predicted octanol–water partition coefficient (Wildman–Crippen LogP) is 3.53. The number of carbonyl (C=O) groups is 2. The van der Waals surface area contributed by atoms with Crippen molar-refractivity contribution in [3.05, 3.63) is 89.7 Å². The number of hydrogen-bond donors (Lipinski definition) is 2. The summed E-state index contributed by atoms with van der Waals surface area (Å²) in [5.74, 6) is -0.803. The molecule has 0 fully saturated rings. The first kappa shape index (κ1) is 19.4. The van der Waals surface area contributed by atoms with Crippen LogP contribution in [0.3, 0.4) is 0 Å². The number of nitrogens with one attached hydrogen (secondary N) is 2. The number of hydrogen-bond acceptors (Lipinski definition) is 4. The molecule has 1 aliphatic heterocycles. The Labute approximate surface area is 172 Å². The fourth-order valence-corrected chi connectivity index (χ4v) is 3.19. The summed E-state index contributed by atoms with van der Waals surface area (Å²) in [4.78, 5) is 25.7. The van der Waals surface area contributed by atoms with E-state index in [-0.39, 0.29) is 18.8 Å². The highest BCUT2D eigenvalue weighted by Crippen LogP contribution is 2.38. The second-order valence-electron chi connectivity index (χ2n) is 6.72. The van der Waals surface area contributed by atoms with E-state index in [0.29, 0.717) is 17.2 Å². The zero-order chi connectivity index (χ0) is 20.9. The smallest absolute Gasteiger partial charge is 0.254 e. The van der Waals surface area contributed by atoms with E-state index in [9.17, 15) is 14.0 Å². The summed E-state index contributed by atoms with van der Waals surface area (Å²) in [6, 6.07) is 19.1. The van der Waals surface area contributed by atoms with Gasteiger partial charge in [-0.25, -0.2) is 4.39 Å². The van der Waals surface area contributed by atoms with Gasteiger partial charge in [-0.1, -0.05) is 48.5 Å². The summed E-state index contributed by atoms with van der Waals surface area (Å²) in [6.45, 7) is 0.0691. The van der Waals surface area contributed by atoms with Crippen LogP contribution >= 0.6 is 0 Å². The minimum Gasteiger partial charge on any atom is -0.454 e. The van der Waals surface area contributed by atoms with Crippen molar-refractivity contribution >= 4 is 17.5 Å². The number of para-hydroxylation sites is 1. The van der Waals surface area contributed by atoms with Crippen LogP contribution in [0.2, 0.25) is 0 Å². The van der Waals surface area contributed by atoms with Crippen molar-refractivity contribution in [2.24, 2.45) is 0 Å². The van der Waals surface area contributed by atoms with Gasteiger partial charge in [-0.2, -0.15) is 0 Å². The number of fused-ring (bicyclic) bond motifs is 1. The zero-order valence-electron chi connectivity index (χ0n) is 15.9. The number of carbonyl (C=O) groups excluding carboxylic acids is 2. The summed E-state index contributed by atoms with van der Waals surface area (Å²) in [5.41, 5.74) is 1.17. The van der Waals surface area contributed by atoms with Crippen LogP contribution in [0.15, 0.2) is 72.8 Å². The Balaban J connectivity index is 1.57. The lowest BCUT2D eigenvalue weighted by molar-refractivity contribution is -0.118. The Morgan fingerprint density at radius 3 is 2.50 bits per heavy atom. The van der Waals surface area contributed by atoms with Crippen molar-refractivity contribution in [2.45, 2.75) is 12.5 Å².